The van der Waals surface area contributed by atoms with E-state index in [1.165, 1.54) is 12.1 Å². The van der Waals surface area contributed by atoms with Gasteiger partial charge in [-0.1, -0.05) is 121 Å². The number of hydrogen-bond donors (Lipinski definition) is 2. The summed E-state index contributed by atoms with van der Waals surface area (Å²) in [5.74, 6) is 0. The average Bonchev–Trinajstić information content (AvgIpc) is 4.02. The van der Waals surface area contributed by atoms with Crippen LogP contribution < -0.4 is 0 Å². The Morgan fingerprint density at radius 3 is 1.09 bits per heavy atom. The third-order valence-electron chi connectivity index (χ3n) is 9.57. The van der Waals surface area contributed by atoms with Crippen LogP contribution in [0.15, 0.2) is 146 Å². The van der Waals surface area contributed by atoms with Gasteiger partial charge in [-0.05, 0) is 46.5 Å². The van der Waals surface area contributed by atoms with Gasteiger partial charge in [-0.2, -0.15) is 0 Å². The third kappa shape index (κ3) is 5.73. The molecule has 54 heavy (non-hydrogen) atoms. The number of nitrogens with zero attached hydrogens (tertiary/aromatic N) is 4. The van der Waals surface area contributed by atoms with Gasteiger partial charge in [0.2, 0.25) is 0 Å². The van der Waals surface area contributed by atoms with Gasteiger partial charge in [0.25, 0.3) is 11.4 Å². The lowest BCUT2D eigenvalue weighted by atomic mass is 10.0. The fourth-order valence-electron chi connectivity index (χ4n) is 7.02. The molecule has 10 nitrogen and oxygen atoms in total. The summed E-state index contributed by atoms with van der Waals surface area (Å²) < 4.78 is 0. The summed E-state index contributed by atoms with van der Waals surface area (Å²) >= 11 is 0. The highest BCUT2D eigenvalue weighted by Crippen LogP contribution is 2.40. The second-order valence-electron chi connectivity index (χ2n) is 12.9. The van der Waals surface area contributed by atoms with Gasteiger partial charge in [-0.15, -0.1) is 0 Å². The van der Waals surface area contributed by atoms with Crippen molar-refractivity contribution in [2.24, 2.45) is 0 Å². The Balaban J connectivity index is 1.48. The van der Waals surface area contributed by atoms with E-state index in [0.717, 1.165) is 22.3 Å². The summed E-state index contributed by atoms with van der Waals surface area (Å²) in [6.45, 7) is 0. The monoisotopic (exact) mass is 704 g/mol. The van der Waals surface area contributed by atoms with Crippen molar-refractivity contribution in [3.05, 3.63) is 200 Å². The van der Waals surface area contributed by atoms with E-state index in [1.54, 1.807) is 0 Å². The molecule has 2 aliphatic heterocycles. The Labute approximate surface area is 307 Å². The van der Waals surface area contributed by atoms with Crippen molar-refractivity contribution in [3.63, 3.8) is 0 Å². The summed E-state index contributed by atoms with van der Waals surface area (Å²) in [5.41, 5.74) is 8.49. The highest BCUT2D eigenvalue weighted by atomic mass is 16.6. The molecular formula is C44H28N6O4. The predicted molar refractivity (Wildman–Crippen MR) is 212 cm³/mol. The number of nitro groups is 2. The number of rotatable bonds is 6. The molecule has 0 unspecified atom stereocenters. The summed E-state index contributed by atoms with van der Waals surface area (Å²) in [6, 6.07) is 44.6. The number of aromatic amines is 2. The van der Waals surface area contributed by atoms with E-state index in [1.807, 2.05) is 146 Å². The number of fused-ring (bicyclic) bond motifs is 10. The topological polar surface area (TPSA) is 144 Å². The minimum absolute atomic E-state index is 0.183. The molecule has 10 heteroatoms. The first-order chi connectivity index (χ1) is 26.4. The molecule has 9 rings (SSSR count). The van der Waals surface area contributed by atoms with Gasteiger partial charge in [0.1, 0.15) is 11.4 Å². The largest absolute Gasteiger partial charge is 0.353 e. The maximum atomic E-state index is 13.1. The average molecular weight is 705 g/mol. The van der Waals surface area contributed by atoms with Crippen LogP contribution in [0.1, 0.15) is 33.9 Å². The first-order valence-corrected chi connectivity index (χ1v) is 17.2. The van der Waals surface area contributed by atoms with E-state index in [-0.39, 0.29) is 22.8 Å². The fraction of sp³-hybridized carbons (Fsp3) is 0. The van der Waals surface area contributed by atoms with Crippen LogP contribution in [0, 0.1) is 20.2 Å². The van der Waals surface area contributed by atoms with Gasteiger partial charge in [-0.25, -0.2) is 9.97 Å². The molecule has 0 amide bonds. The summed E-state index contributed by atoms with van der Waals surface area (Å²) in [7, 11) is 0. The first kappa shape index (κ1) is 32.2. The van der Waals surface area contributed by atoms with Gasteiger partial charge < -0.3 is 9.97 Å². The van der Waals surface area contributed by atoms with Crippen LogP contribution in [-0.4, -0.2) is 29.8 Å². The molecule has 2 aliphatic rings. The van der Waals surface area contributed by atoms with Crippen LogP contribution in [-0.2, 0) is 0 Å². The molecule has 7 aromatic rings. The van der Waals surface area contributed by atoms with E-state index in [0.29, 0.717) is 55.7 Å². The Morgan fingerprint density at radius 1 is 0.426 bits per heavy atom. The molecule has 2 N–H and O–H groups in total. The molecule has 5 heterocycles. The van der Waals surface area contributed by atoms with E-state index < -0.39 is 9.85 Å². The second-order valence-corrected chi connectivity index (χ2v) is 12.9. The number of hydrogen-bond acceptors (Lipinski definition) is 6. The van der Waals surface area contributed by atoms with Crippen molar-refractivity contribution < 1.29 is 9.85 Å². The van der Waals surface area contributed by atoms with Crippen molar-refractivity contribution in [3.8, 4) is 22.3 Å². The SMILES string of the molecule is O=[N+]([O-])c1cc2[nH]c(cc2-c2ccccc2)c2nc(c([N+](=O)[O-])cc3[nH]c(cc3-c3ccccc3)c3nc1C(c1ccccc1)=C3)C(c1ccccc1)=C2. The molecule has 4 aromatic carbocycles. The molecule has 0 spiro atoms. The predicted octanol–water partition coefficient (Wildman–Crippen LogP) is 10.6. The van der Waals surface area contributed by atoms with Crippen molar-refractivity contribution in [1.82, 2.24) is 19.9 Å². The molecule has 0 saturated heterocycles. The molecule has 0 radical (unpaired) electrons. The molecule has 0 fully saturated rings. The molecule has 8 bridgehead atoms. The summed E-state index contributed by atoms with van der Waals surface area (Å²) in [5, 5.41) is 26.2. The zero-order valence-corrected chi connectivity index (χ0v) is 28.4. The van der Waals surface area contributed by atoms with Crippen molar-refractivity contribution in [1.29, 1.82) is 0 Å². The smallest absolute Gasteiger partial charge is 0.297 e. The number of benzene rings is 4. The summed E-state index contributed by atoms with van der Waals surface area (Å²) in [6.07, 6.45) is 3.64. The van der Waals surface area contributed by atoms with E-state index in [2.05, 4.69) is 9.97 Å². The first-order valence-electron chi connectivity index (χ1n) is 17.2. The van der Waals surface area contributed by atoms with Crippen LogP contribution in [0.25, 0.3) is 67.6 Å². The quantitative estimate of drug-likeness (QED) is 0.130. The highest BCUT2D eigenvalue weighted by molar-refractivity contribution is 6.02. The van der Waals surface area contributed by atoms with Crippen LogP contribution in [0.5, 0.6) is 0 Å². The van der Waals surface area contributed by atoms with Crippen molar-refractivity contribution in [2.45, 2.75) is 0 Å². The Morgan fingerprint density at radius 2 is 0.759 bits per heavy atom. The van der Waals surface area contributed by atoms with E-state index >= 15 is 0 Å². The zero-order chi connectivity index (χ0) is 36.8. The lowest BCUT2D eigenvalue weighted by Gasteiger charge is -2.03. The van der Waals surface area contributed by atoms with Gasteiger partial charge >= 0.3 is 0 Å². The van der Waals surface area contributed by atoms with Gasteiger partial charge in [0, 0.05) is 34.4 Å². The van der Waals surface area contributed by atoms with Gasteiger partial charge in [0.05, 0.1) is 43.3 Å². The molecule has 0 saturated carbocycles. The normalized spacial score (nSPS) is 12.2. The Bertz CT molecular complexity index is 2660. The minimum Gasteiger partial charge on any atom is -0.353 e. The van der Waals surface area contributed by atoms with Crippen LogP contribution in [0.3, 0.4) is 0 Å². The van der Waals surface area contributed by atoms with Gasteiger partial charge in [0.15, 0.2) is 0 Å². The minimum atomic E-state index is -0.412. The standard InChI is InChI=1S/C44H28N6O4/c51-49(52)41-25-35-31(27-13-5-1-6-14-27)21-37(45-35)39-23-33(29-17-9-3-10-18-29)44(47-39)42(50(53)54)26-36-32(28-15-7-2-8-16-28)22-38(46-36)40-24-34(43(41)48-40)30-19-11-4-12-20-30/h1-26,45-46H. The molecular weight excluding hydrogens is 677 g/mol. The van der Waals surface area contributed by atoms with E-state index in [4.69, 9.17) is 9.97 Å². The molecule has 0 atom stereocenters. The Hall–Kier alpha value is -7.72. The third-order valence-corrected chi connectivity index (χ3v) is 9.57. The fourth-order valence-corrected chi connectivity index (χ4v) is 7.02. The van der Waals surface area contributed by atoms with Crippen LogP contribution in [0.4, 0.5) is 11.4 Å². The molecule has 0 aliphatic carbocycles. The second kappa shape index (κ2) is 13.1. The van der Waals surface area contributed by atoms with E-state index in [9.17, 15) is 20.2 Å². The molecule has 258 valence electrons. The Kier molecular flexibility index (Phi) is 7.82. The number of H-pyrrole nitrogens is 2. The zero-order valence-electron chi connectivity index (χ0n) is 28.4. The van der Waals surface area contributed by atoms with Crippen molar-refractivity contribution >= 4 is 56.7 Å². The highest BCUT2D eigenvalue weighted by Gasteiger charge is 2.27. The van der Waals surface area contributed by atoms with Crippen LogP contribution >= 0.6 is 0 Å². The maximum Gasteiger partial charge on any atom is 0.297 e. The molecule has 3 aromatic heterocycles. The maximum absolute atomic E-state index is 13.1. The number of nitrogens with one attached hydrogen (secondary N) is 2. The number of aromatic nitrogens is 4. The van der Waals surface area contributed by atoms with Gasteiger partial charge in [-0.3, -0.25) is 20.2 Å². The summed E-state index contributed by atoms with van der Waals surface area (Å²) in [4.78, 5) is 42.0. The van der Waals surface area contributed by atoms with Crippen molar-refractivity contribution in [2.75, 3.05) is 0 Å². The van der Waals surface area contributed by atoms with Crippen LogP contribution in [0.2, 0.25) is 0 Å². The lowest BCUT2D eigenvalue weighted by molar-refractivity contribution is -0.385. The lowest BCUT2D eigenvalue weighted by Crippen LogP contribution is -1.95.